The van der Waals surface area contributed by atoms with Gasteiger partial charge in [0.25, 0.3) is 0 Å². The summed E-state index contributed by atoms with van der Waals surface area (Å²) in [5, 5.41) is 5.05. The van der Waals surface area contributed by atoms with Crippen molar-refractivity contribution < 1.29 is 19.1 Å². The van der Waals surface area contributed by atoms with Crippen molar-refractivity contribution in [2.24, 2.45) is 0 Å². The monoisotopic (exact) mass is 402 g/mol. The standard InChI is InChI=1S/C13H14Cl4N2O4/c1-7(2)22-12(21)19-10(13(15,16)17)23-11(20)18-9-5-3-8(14)4-6-9/h3-7,10H,1-2H3,(H,18,20)(H,19,21)/t10-/m0/s1. The van der Waals surface area contributed by atoms with E-state index in [-0.39, 0.29) is 0 Å². The maximum absolute atomic E-state index is 11.8. The van der Waals surface area contributed by atoms with Crippen LogP contribution in [0.5, 0.6) is 0 Å². The number of hydrogen-bond donors (Lipinski definition) is 2. The maximum Gasteiger partial charge on any atom is 0.413 e. The molecule has 0 aromatic heterocycles. The van der Waals surface area contributed by atoms with Crippen molar-refractivity contribution in [1.82, 2.24) is 5.32 Å². The molecule has 6 nitrogen and oxygen atoms in total. The minimum Gasteiger partial charge on any atom is -0.447 e. The SMILES string of the molecule is CC(C)OC(=O)N[C@@H](OC(=O)Nc1ccc(Cl)cc1)C(Cl)(Cl)Cl. The van der Waals surface area contributed by atoms with Gasteiger partial charge in [-0.05, 0) is 38.1 Å². The molecule has 0 spiro atoms. The molecule has 0 aliphatic carbocycles. The number of alkyl halides is 3. The van der Waals surface area contributed by atoms with Crippen LogP contribution in [0.1, 0.15) is 13.8 Å². The lowest BCUT2D eigenvalue weighted by atomic mass is 10.3. The highest BCUT2D eigenvalue weighted by Gasteiger charge is 2.38. The number of hydrogen-bond acceptors (Lipinski definition) is 4. The van der Waals surface area contributed by atoms with Gasteiger partial charge in [0.05, 0.1) is 6.10 Å². The van der Waals surface area contributed by atoms with Gasteiger partial charge < -0.3 is 9.47 Å². The average molecular weight is 404 g/mol. The first-order chi connectivity index (χ1) is 10.6. The Balaban J connectivity index is 2.67. The van der Waals surface area contributed by atoms with Gasteiger partial charge in [-0.25, -0.2) is 9.59 Å². The van der Waals surface area contributed by atoms with Gasteiger partial charge in [0.2, 0.25) is 10.0 Å². The summed E-state index contributed by atoms with van der Waals surface area (Å²) in [6.07, 6.45) is -3.77. The Hall–Kier alpha value is -1.08. The largest absolute Gasteiger partial charge is 0.447 e. The molecule has 0 heterocycles. The Kier molecular flexibility index (Phi) is 7.54. The van der Waals surface area contributed by atoms with Crippen molar-refractivity contribution in [3.8, 4) is 0 Å². The molecular weight excluding hydrogens is 390 g/mol. The Labute approximate surface area is 153 Å². The summed E-state index contributed by atoms with van der Waals surface area (Å²) in [6, 6.07) is 6.24. The zero-order valence-corrected chi connectivity index (χ0v) is 15.1. The summed E-state index contributed by atoms with van der Waals surface area (Å²) in [4.78, 5) is 23.4. The zero-order valence-electron chi connectivity index (χ0n) is 12.1. The molecular formula is C13H14Cl4N2O4. The maximum atomic E-state index is 11.8. The summed E-state index contributed by atoms with van der Waals surface area (Å²) in [6.45, 7) is 3.27. The first-order valence-corrected chi connectivity index (χ1v) is 7.86. The Morgan fingerprint density at radius 2 is 1.61 bits per heavy atom. The van der Waals surface area contributed by atoms with E-state index in [2.05, 4.69) is 10.6 Å². The van der Waals surface area contributed by atoms with Crippen LogP contribution in [0.2, 0.25) is 5.02 Å². The van der Waals surface area contributed by atoms with Crippen molar-refractivity contribution in [2.45, 2.75) is 30.0 Å². The molecule has 0 fully saturated rings. The molecule has 0 bridgehead atoms. The summed E-state index contributed by atoms with van der Waals surface area (Å²) in [5.74, 6) is 0. The van der Waals surface area contributed by atoms with Crippen LogP contribution in [-0.4, -0.2) is 28.3 Å². The van der Waals surface area contributed by atoms with Crippen LogP contribution in [0.4, 0.5) is 15.3 Å². The van der Waals surface area contributed by atoms with Crippen molar-refractivity contribution in [3.63, 3.8) is 0 Å². The predicted octanol–water partition coefficient (Wildman–Crippen LogP) is 4.72. The molecule has 1 atom stereocenters. The van der Waals surface area contributed by atoms with E-state index in [4.69, 9.17) is 55.9 Å². The second-order valence-electron chi connectivity index (χ2n) is 4.56. The van der Waals surface area contributed by atoms with Crippen LogP contribution in [-0.2, 0) is 9.47 Å². The fourth-order valence-electron chi connectivity index (χ4n) is 1.32. The predicted molar refractivity (Wildman–Crippen MR) is 90.4 cm³/mol. The quantitative estimate of drug-likeness (QED) is 0.563. The molecule has 0 saturated heterocycles. The normalized spacial score (nSPS) is 12.5. The van der Waals surface area contributed by atoms with Crippen LogP contribution < -0.4 is 10.6 Å². The number of ether oxygens (including phenoxy) is 2. The number of anilines is 1. The van der Waals surface area contributed by atoms with E-state index in [1.165, 1.54) is 0 Å². The number of carbonyl (C=O) groups excluding carboxylic acids is 2. The lowest BCUT2D eigenvalue weighted by molar-refractivity contribution is 0.0677. The minimum absolute atomic E-state index is 0.395. The van der Waals surface area contributed by atoms with Gasteiger partial charge in [-0.15, -0.1) is 0 Å². The number of alkyl carbamates (subject to hydrolysis) is 1. The summed E-state index contributed by atoms with van der Waals surface area (Å²) >= 11 is 22.8. The van der Waals surface area contributed by atoms with Gasteiger partial charge >= 0.3 is 12.2 Å². The van der Waals surface area contributed by atoms with Crippen molar-refractivity contribution in [3.05, 3.63) is 29.3 Å². The first kappa shape index (κ1) is 20.0. The summed E-state index contributed by atoms with van der Waals surface area (Å²) in [5.41, 5.74) is 0.409. The number of nitrogens with one attached hydrogen (secondary N) is 2. The molecule has 2 amide bonds. The average Bonchev–Trinajstić information content (AvgIpc) is 2.38. The molecule has 0 aliphatic heterocycles. The van der Waals surface area contributed by atoms with Crippen molar-refractivity contribution in [2.75, 3.05) is 5.32 Å². The summed E-state index contributed by atoms with van der Waals surface area (Å²) < 4.78 is 7.66. The van der Waals surface area contributed by atoms with Crippen LogP contribution in [0.3, 0.4) is 0 Å². The highest BCUT2D eigenvalue weighted by Crippen LogP contribution is 2.31. The topological polar surface area (TPSA) is 76.7 Å². The van der Waals surface area contributed by atoms with E-state index in [9.17, 15) is 9.59 Å². The van der Waals surface area contributed by atoms with E-state index in [0.29, 0.717) is 10.7 Å². The molecule has 2 N–H and O–H groups in total. The lowest BCUT2D eigenvalue weighted by Crippen LogP contribution is -2.48. The fourth-order valence-corrected chi connectivity index (χ4v) is 1.74. The van der Waals surface area contributed by atoms with Crippen molar-refractivity contribution >= 4 is 64.3 Å². The molecule has 0 aliphatic rings. The van der Waals surface area contributed by atoms with E-state index in [1.54, 1.807) is 38.1 Å². The van der Waals surface area contributed by atoms with E-state index in [1.807, 2.05) is 0 Å². The van der Waals surface area contributed by atoms with Crippen LogP contribution >= 0.6 is 46.4 Å². The zero-order chi connectivity index (χ0) is 17.6. The summed E-state index contributed by atoms with van der Waals surface area (Å²) in [7, 11) is 0. The molecule has 128 valence electrons. The fraction of sp³-hybridized carbons (Fsp3) is 0.385. The van der Waals surface area contributed by atoms with E-state index in [0.717, 1.165) is 0 Å². The minimum atomic E-state index is -2.09. The Morgan fingerprint density at radius 3 is 2.09 bits per heavy atom. The molecule has 0 unspecified atom stereocenters. The molecule has 0 radical (unpaired) electrons. The van der Waals surface area contributed by atoms with Crippen molar-refractivity contribution in [1.29, 1.82) is 0 Å². The smallest absolute Gasteiger partial charge is 0.413 e. The number of rotatable bonds is 4. The highest BCUT2D eigenvalue weighted by atomic mass is 35.6. The van der Waals surface area contributed by atoms with Crippen LogP contribution in [0.25, 0.3) is 0 Å². The van der Waals surface area contributed by atoms with Gasteiger partial charge in [-0.1, -0.05) is 46.4 Å². The number of benzene rings is 1. The van der Waals surface area contributed by atoms with Gasteiger partial charge in [-0.3, -0.25) is 10.6 Å². The number of halogens is 4. The van der Waals surface area contributed by atoms with Gasteiger partial charge in [0.15, 0.2) is 0 Å². The second-order valence-corrected chi connectivity index (χ2v) is 7.36. The third-order valence-electron chi connectivity index (χ3n) is 2.20. The number of amides is 2. The molecule has 0 saturated carbocycles. The van der Waals surface area contributed by atoms with Gasteiger partial charge in [0.1, 0.15) is 0 Å². The van der Waals surface area contributed by atoms with Crippen LogP contribution in [0, 0.1) is 0 Å². The lowest BCUT2D eigenvalue weighted by Gasteiger charge is -2.25. The van der Waals surface area contributed by atoms with Crippen LogP contribution in [0.15, 0.2) is 24.3 Å². The molecule has 10 heteroatoms. The number of carbonyl (C=O) groups is 2. The van der Waals surface area contributed by atoms with E-state index >= 15 is 0 Å². The van der Waals surface area contributed by atoms with E-state index < -0.39 is 28.3 Å². The third-order valence-corrected chi connectivity index (χ3v) is 3.05. The second kappa shape index (κ2) is 8.68. The Morgan fingerprint density at radius 1 is 1.04 bits per heavy atom. The third kappa shape index (κ3) is 7.83. The molecule has 1 aromatic carbocycles. The highest BCUT2D eigenvalue weighted by molar-refractivity contribution is 6.68. The van der Waals surface area contributed by atoms with Gasteiger partial charge in [0, 0.05) is 10.7 Å². The Bertz CT molecular complexity index is 546. The first-order valence-electron chi connectivity index (χ1n) is 6.35. The van der Waals surface area contributed by atoms with Gasteiger partial charge in [-0.2, -0.15) is 0 Å². The molecule has 1 rings (SSSR count). The molecule has 23 heavy (non-hydrogen) atoms. The molecule has 1 aromatic rings.